The third kappa shape index (κ3) is 3.78. The van der Waals surface area contributed by atoms with E-state index in [1.807, 2.05) is 55.5 Å². The molecule has 6 heteroatoms. The molecule has 156 valence electrons. The number of fused-ring (bicyclic) bond motifs is 1. The van der Waals surface area contributed by atoms with Gasteiger partial charge in [-0.3, -0.25) is 4.79 Å². The fourth-order valence-corrected chi connectivity index (χ4v) is 3.98. The number of pyridine rings is 1. The fourth-order valence-electron chi connectivity index (χ4n) is 3.98. The minimum absolute atomic E-state index is 0.0247. The highest BCUT2D eigenvalue weighted by Gasteiger charge is 2.34. The van der Waals surface area contributed by atoms with Crippen molar-refractivity contribution in [2.45, 2.75) is 25.8 Å². The molecule has 0 unspecified atom stereocenters. The summed E-state index contributed by atoms with van der Waals surface area (Å²) in [6, 6.07) is 21.3. The summed E-state index contributed by atoms with van der Waals surface area (Å²) in [6.45, 7) is 2.40. The minimum atomic E-state index is -0.601. The lowest BCUT2D eigenvalue weighted by molar-refractivity contribution is 0.388. The normalized spacial score (nSPS) is 15.1. The molecule has 1 aromatic heterocycles. The second-order valence-electron chi connectivity index (χ2n) is 7.45. The minimum Gasteiger partial charge on any atom is -0.497 e. The van der Waals surface area contributed by atoms with Gasteiger partial charge in [0.1, 0.15) is 23.1 Å². The largest absolute Gasteiger partial charge is 0.497 e. The van der Waals surface area contributed by atoms with Crippen LogP contribution in [0.3, 0.4) is 0 Å². The zero-order valence-corrected chi connectivity index (χ0v) is 17.5. The number of ether oxygens (including phenoxy) is 2. The average Bonchev–Trinajstić information content (AvgIpc) is 2.79. The molecule has 0 saturated heterocycles. The second-order valence-corrected chi connectivity index (χ2v) is 7.45. The van der Waals surface area contributed by atoms with Crippen LogP contribution in [0.25, 0.3) is 0 Å². The molecule has 6 nitrogen and oxygen atoms in total. The molecule has 3 aromatic rings. The molecule has 2 heterocycles. The standard InChI is InChI=1S/C25H23N3O3/c1-16-14-21-23(25(29)28(16)13-12-17-6-4-3-5-7-17)22(20(15-26)24(27)31-21)18-8-10-19(30-2)11-9-18/h3-11,14,22H,12-13,27H2,1-2H3/t22-/m0/s1. The van der Waals surface area contributed by atoms with Gasteiger partial charge in [0, 0.05) is 18.3 Å². The molecule has 0 amide bonds. The summed E-state index contributed by atoms with van der Waals surface area (Å²) < 4.78 is 12.7. The van der Waals surface area contributed by atoms with E-state index in [1.165, 1.54) is 0 Å². The molecule has 1 aliphatic heterocycles. The first-order valence-corrected chi connectivity index (χ1v) is 10.0. The third-order valence-electron chi connectivity index (χ3n) is 5.61. The highest BCUT2D eigenvalue weighted by atomic mass is 16.5. The Labute approximate surface area is 180 Å². The van der Waals surface area contributed by atoms with E-state index in [9.17, 15) is 10.1 Å². The van der Waals surface area contributed by atoms with Gasteiger partial charge in [-0.15, -0.1) is 0 Å². The fraction of sp³-hybridized carbons (Fsp3) is 0.200. The van der Waals surface area contributed by atoms with Crippen molar-refractivity contribution in [3.8, 4) is 17.6 Å². The number of nitrogens with two attached hydrogens (primary N) is 1. The average molecular weight is 413 g/mol. The van der Waals surface area contributed by atoms with Crippen LogP contribution in [-0.4, -0.2) is 11.7 Å². The number of aromatic nitrogens is 1. The molecular formula is C25H23N3O3. The van der Waals surface area contributed by atoms with Crippen molar-refractivity contribution in [1.82, 2.24) is 4.57 Å². The van der Waals surface area contributed by atoms with Gasteiger partial charge in [0.15, 0.2) is 0 Å². The van der Waals surface area contributed by atoms with Crippen LogP contribution in [0.15, 0.2) is 76.9 Å². The summed E-state index contributed by atoms with van der Waals surface area (Å²) in [5.74, 6) is 0.513. The summed E-state index contributed by atoms with van der Waals surface area (Å²) in [6.07, 6.45) is 0.720. The van der Waals surface area contributed by atoms with E-state index in [2.05, 4.69) is 6.07 Å². The molecule has 0 radical (unpaired) electrons. The van der Waals surface area contributed by atoms with Gasteiger partial charge in [-0.1, -0.05) is 42.5 Å². The number of benzene rings is 2. The van der Waals surface area contributed by atoms with Crippen LogP contribution in [0.5, 0.6) is 11.5 Å². The lowest BCUT2D eigenvalue weighted by atomic mass is 9.84. The van der Waals surface area contributed by atoms with Crippen molar-refractivity contribution in [2.75, 3.05) is 7.11 Å². The predicted octanol–water partition coefficient (Wildman–Crippen LogP) is 3.63. The quantitative estimate of drug-likeness (QED) is 0.690. The molecule has 4 rings (SSSR count). The van der Waals surface area contributed by atoms with Gasteiger partial charge in [-0.25, -0.2) is 0 Å². The molecule has 2 aromatic carbocycles. The maximum atomic E-state index is 13.6. The number of hydrogen-bond donors (Lipinski definition) is 1. The van der Waals surface area contributed by atoms with Crippen molar-refractivity contribution in [2.24, 2.45) is 5.73 Å². The molecule has 31 heavy (non-hydrogen) atoms. The van der Waals surface area contributed by atoms with E-state index in [0.717, 1.165) is 23.2 Å². The van der Waals surface area contributed by atoms with Crippen LogP contribution in [0.4, 0.5) is 0 Å². The Kier molecular flexibility index (Phi) is 5.50. The number of rotatable bonds is 5. The Bertz CT molecular complexity index is 1240. The van der Waals surface area contributed by atoms with E-state index in [1.54, 1.807) is 23.8 Å². The van der Waals surface area contributed by atoms with Crippen molar-refractivity contribution in [1.29, 1.82) is 5.26 Å². The Morgan fingerprint density at radius 1 is 1.16 bits per heavy atom. The smallest absolute Gasteiger partial charge is 0.258 e. The van der Waals surface area contributed by atoms with Crippen LogP contribution in [0.2, 0.25) is 0 Å². The summed E-state index contributed by atoms with van der Waals surface area (Å²) in [7, 11) is 1.59. The van der Waals surface area contributed by atoms with Crippen molar-refractivity contribution >= 4 is 0 Å². The summed E-state index contributed by atoms with van der Waals surface area (Å²) in [5, 5.41) is 9.78. The molecular weight excluding hydrogens is 390 g/mol. The maximum Gasteiger partial charge on any atom is 0.258 e. The Hall–Kier alpha value is -3.98. The molecule has 0 spiro atoms. The highest BCUT2D eigenvalue weighted by molar-refractivity contribution is 5.55. The first-order valence-electron chi connectivity index (χ1n) is 10.0. The lowest BCUT2D eigenvalue weighted by Crippen LogP contribution is -2.33. The van der Waals surface area contributed by atoms with Gasteiger partial charge < -0.3 is 19.8 Å². The van der Waals surface area contributed by atoms with Crippen LogP contribution in [0.1, 0.15) is 28.3 Å². The number of nitriles is 1. The molecule has 2 N–H and O–H groups in total. The SMILES string of the molecule is COc1ccc([C@H]2C(C#N)=C(N)Oc3cc(C)n(CCc4ccccc4)c(=O)c32)cc1. The Morgan fingerprint density at radius 3 is 2.52 bits per heavy atom. The van der Waals surface area contributed by atoms with Gasteiger partial charge >= 0.3 is 0 Å². The van der Waals surface area contributed by atoms with Gasteiger partial charge in [0.05, 0.1) is 18.6 Å². The lowest BCUT2D eigenvalue weighted by Gasteiger charge is -2.27. The molecule has 0 saturated carbocycles. The molecule has 1 aliphatic rings. The van der Waals surface area contributed by atoms with Crippen molar-refractivity contribution in [3.05, 3.63) is 105 Å². The monoisotopic (exact) mass is 413 g/mol. The van der Waals surface area contributed by atoms with E-state index >= 15 is 0 Å². The number of nitrogens with zero attached hydrogens (tertiary/aromatic N) is 2. The Balaban J connectivity index is 1.82. The van der Waals surface area contributed by atoms with Gasteiger partial charge in [0.25, 0.3) is 5.56 Å². The Morgan fingerprint density at radius 2 is 1.87 bits per heavy atom. The highest BCUT2D eigenvalue weighted by Crippen LogP contribution is 2.40. The van der Waals surface area contributed by atoms with Crippen LogP contribution >= 0.6 is 0 Å². The van der Waals surface area contributed by atoms with Gasteiger partial charge in [-0.2, -0.15) is 5.26 Å². The predicted molar refractivity (Wildman–Crippen MR) is 118 cm³/mol. The van der Waals surface area contributed by atoms with E-state index in [-0.39, 0.29) is 17.0 Å². The van der Waals surface area contributed by atoms with Crippen molar-refractivity contribution in [3.63, 3.8) is 0 Å². The first kappa shape index (κ1) is 20.3. The van der Waals surface area contributed by atoms with Crippen molar-refractivity contribution < 1.29 is 9.47 Å². The summed E-state index contributed by atoms with van der Waals surface area (Å²) in [4.78, 5) is 13.6. The molecule has 0 fully saturated rings. The maximum absolute atomic E-state index is 13.6. The third-order valence-corrected chi connectivity index (χ3v) is 5.61. The number of methoxy groups -OCH3 is 1. The van der Waals surface area contributed by atoms with E-state index in [4.69, 9.17) is 15.2 Å². The van der Waals surface area contributed by atoms with Gasteiger partial charge in [-0.05, 0) is 36.6 Å². The number of allylic oxidation sites excluding steroid dienone is 1. The van der Waals surface area contributed by atoms with E-state index in [0.29, 0.717) is 23.6 Å². The number of aryl methyl sites for hydroxylation is 2. The zero-order valence-electron chi connectivity index (χ0n) is 17.5. The topological polar surface area (TPSA) is 90.3 Å². The zero-order chi connectivity index (χ0) is 22.0. The molecule has 1 atom stereocenters. The summed E-state index contributed by atoms with van der Waals surface area (Å²) >= 11 is 0. The molecule has 0 aliphatic carbocycles. The number of hydrogen-bond acceptors (Lipinski definition) is 5. The molecule has 0 bridgehead atoms. The van der Waals surface area contributed by atoms with Crippen LogP contribution < -0.4 is 20.8 Å². The van der Waals surface area contributed by atoms with E-state index < -0.39 is 5.92 Å². The summed E-state index contributed by atoms with van der Waals surface area (Å²) in [5.41, 5.74) is 9.25. The van der Waals surface area contributed by atoms with Crippen LogP contribution in [0, 0.1) is 18.3 Å². The van der Waals surface area contributed by atoms with Gasteiger partial charge in [0.2, 0.25) is 5.88 Å². The van der Waals surface area contributed by atoms with Crippen LogP contribution in [-0.2, 0) is 13.0 Å². The first-order chi connectivity index (χ1) is 15.0. The second kappa shape index (κ2) is 8.41.